The molecule has 17 heavy (non-hydrogen) atoms. The number of carboxylic acid groups (broad SMARTS) is 1. The fourth-order valence-electron chi connectivity index (χ4n) is 1.98. The number of aromatic carboxylic acids is 1. The molecular formula is C12H16N2O3. The van der Waals surface area contributed by atoms with Crippen LogP contribution in [0.2, 0.25) is 0 Å². The molecule has 1 aromatic rings. The summed E-state index contributed by atoms with van der Waals surface area (Å²) in [5, 5.41) is 8.93. The number of rotatable bonds is 4. The van der Waals surface area contributed by atoms with Crippen LogP contribution in [0.4, 0.5) is 0 Å². The topological polar surface area (TPSA) is 62.5 Å². The van der Waals surface area contributed by atoms with Crippen LogP contribution in [0.1, 0.15) is 29.8 Å². The van der Waals surface area contributed by atoms with E-state index in [-0.39, 0.29) is 18.1 Å². The Morgan fingerprint density at radius 3 is 2.76 bits per heavy atom. The Morgan fingerprint density at radius 2 is 2.24 bits per heavy atom. The molecule has 2 rings (SSSR count). The second-order valence-corrected chi connectivity index (χ2v) is 4.42. The van der Waals surface area contributed by atoms with E-state index in [1.165, 1.54) is 17.1 Å². The summed E-state index contributed by atoms with van der Waals surface area (Å²) in [5.41, 5.74) is 0.153. The molecule has 0 aromatic carbocycles. The standard InChI is InChI=1S/C12H16N2O3/c1-13(9-4-2-5-9)11(15)8-14-7-3-6-10(14)12(16)17/h3,6-7,9H,2,4-5,8H2,1H3,(H,16,17). The zero-order valence-corrected chi connectivity index (χ0v) is 9.80. The summed E-state index contributed by atoms with van der Waals surface area (Å²) in [6, 6.07) is 3.48. The molecule has 1 aliphatic rings. The van der Waals surface area contributed by atoms with Gasteiger partial charge in [0.25, 0.3) is 0 Å². The van der Waals surface area contributed by atoms with Gasteiger partial charge in [-0.2, -0.15) is 0 Å². The van der Waals surface area contributed by atoms with Crippen LogP contribution in [0.3, 0.4) is 0 Å². The zero-order valence-electron chi connectivity index (χ0n) is 9.80. The minimum absolute atomic E-state index is 0.0339. The first kappa shape index (κ1) is 11.7. The molecule has 5 nitrogen and oxygen atoms in total. The van der Waals surface area contributed by atoms with E-state index in [0.29, 0.717) is 6.04 Å². The van der Waals surface area contributed by atoms with Crippen molar-refractivity contribution in [3.05, 3.63) is 24.0 Å². The van der Waals surface area contributed by atoms with E-state index >= 15 is 0 Å². The van der Waals surface area contributed by atoms with Crippen molar-refractivity contribution in [3.8, 4) is 0 Å². The van der Waals surface area contributed by atoms with Crippen molar-refractivity contribution in [1.29, 1.82) is 0 Å². The molecule has 1 fully saturated rings. The lowest BCUT2D eigenvalue weighted by molar-refractivity contribution is -0.134. The van der Waals surface area contributed by atoms with Crippen LogP contribution < -0.4 is 0 Å². The van der Waals surface area contributed by atoms with Gasteiger partial charge in [0.1, 0.15) is 12.2 Å². The Morgan fingerprint density at radius 1 is 1.53 bits per heavy atom. The summed E-state index contributed by atoms with van der Waals surface area (Å²) in [4.78, 5) is 24.6. The third-order valence-corrected chi connectivity index (χ3v) is 3.37. The molecule has 1 heterocycles. The van der Waals surface area contributed by atoms with Crippen LogP contribution in [-0.4, -0.2) is 39.5 Å². The highest BCUT2D eigenvalue weighted by atomic mass is 16.4. The van der Waals surface area contributed by atoms with Crippen molar-refractivity contribution in [3.63, 3.8) is 0 Å². The number of aromatic nitrogens is 1. The first-order valence-electron chi connectivity index (χ1n) is 5.73. The van der Waals surface area contributed by atoms with Gasteiger partial charge in [0.05, 0.1) is 0 Å². The number of amides is 1. The van der Waals surface area contributed by atoms with Gasteiger partial charge in [-0.05, 0) is 31.4 Å². The Hall–Kier alpha value is -1.78. The van der Waals surface area contributed by atoms with Crippen LogP contribution >= 0.6 is 0 Å². The monoisotopic (exact) mass is 236 g/mol. The highest BCUT2D eigenvalue weighted by molar-refractivity contribution is 5.86. The number of hydrogen-bond donors (Lipinski definition) is 1. The SMILES string of the molecule is CN(C(=O)Cn1cccc1C(=O)O)C1CCC1. The van der Waals surface area contributed by atoms with Crippen molar-refractivity contribution in [2.75, 3.05) is 7.05 Å². The van der Waals surface area contributed by atoms with E-state index < -0.39 is 5.97 Å². The smallest absolute Gasteiger partial charge is 0.352 e. The quantitative estimate of drug-likeness (QED) is 0.854. The summed E-state index contributed by atoms with van der Waals surface area (Å²) >= 11 is 0. The normalized spacial score (nSPS) is 15.4. The molecule has 0 spiro atoms. The van der Waals surface area contributed by atoms with Crippen molar-refractivity contribution < 1.29 is 14.7 Å². The molecule has 1 aliphatic carbocycles. The average molecular weight is 236 g/mol. The van der Waals surface area contributed by atoms with Gasteiger partial charge in [-0.1, -0.05) is 0 Å². The van der Waals surface area contributed by atoms with E-state index in [9.17, 15) is 9.59 Å². The molecule has 1 saturated carbocycles. The average Bonchev–Trinajstić information content (AvgIpc) is 2.62. The van der Waals surface area contributed by atoms with Crippen LogP contribution in [0.15, 0.2) is 18.3 Å². The van der Waals surface area contributed by atoms with Gasteiger partial charge in [0, 0.05) is 19.3 Å². The number of carboxylic acids is 1. The molecule has 1 N–H and O–H groups in total. The van der Waals surface area contributed by atoms with Crippen LogP contribution in [0.5, 0.6) is 0 Å². The van der Waals surface area contributed by atoms with Crippen LogP contribution in [0, 0.1) is 0 Å². The minimum atomic E-state index is -1.01. The van der Waals surface area contributed by atoms with Crippen molar-refractivity contribution in [1.82, 2.24) is 9.47 Å². The first-order chi connectivity index (χ1) is 8.09. The van der Waals surface area contributed by atoms with Crippen molar-refractivity contribution in [2.24, 2.45) is 0 Å². The van der Waals surface area contributed by atoms with E-state index in [0.717, 1.165) is 12.8 Å². The number of carbonyl (C=O) groups is 2. The molecule has 1 aromatic heterocycles. The highest BCUT2D eigenvalue weighted by Gasteiger charge is 2.26. The van der Waals surface area contributed by atoms with Gasteiger partial charge in [-0.15, -0.1) is 0 Å². The van der Waals surface area contributed by atoms with E-state index in [1.54, 1.807) is 24.2 Å². The minimum Gasteiger partial charge on any atom is -0.477 e. The van der Waals surface area contributed by atoms with Crippen LogP contribution in [-0.2, 0) is 11.3 Å². The predicted molar refractivity (Wildman–Crippen MR) is 61.8 cm³/mol. The zero-order chi connectivity index (χ0) is 12.4. The maximum absolute atomic E-state index is 11.9. The molecule has 5 heteroatoms. The van der Waals surface area contributed by atoms with Gasteiger partial charge in [0.15, 0.2) is 0 Å². The van der Waals surface area contributed by atoms with Crippen LogP contribution in [0.25, 0.3) is 0 Å². The van der Waals surface area contributed by atoms with E-state index in [4.69, 9.17) is 5.11 Å². The molecule has 0 unspecified atom stereocenters. The molecule has 0 aliphatic heterocycles. The molecule has 0 bridgehead atoms. The Bertz CT molecular complexity index is 435. The van der Waals surface area contributed by atoms with Gasteiger partial charge in [0.2, 0.25) is 5.91 Å². The molecular weight excluding hydrogens is 220 g/mol. The molecule has 92 valence electrons. The number of likely N-dealkylation sites (N-methyl/N-ethyl adjacent to an activating group) is 1. The Labute approximate surface area is 99.6 Å². The largest absolute Gasteiger partial charge is 0.477 e. The van der Waals surface area contributed by atoms with Crippen molar-refractivity contribution >= 4 is 11.9 Å². The fraction of sp³-hybridized carbons (Fsp3) is 0.500. The highest BCUT2D eigenvalue weighted by Crippen LogP contribution is 2.23. The third-order valence-electron chi connectivity index (χ3n) is 3.37. The van der Waals surface area contributed by atoms with E-state index in [1.807, 2.05) is 0 Å². The summed E-state index contributed by atoms with van der Waals surface area (Å²) in [7, 11) is 1.79. The lowest BCUT2D eigenvalue weighted by Gasteiger charge is -2.34. The lowest BCUT2D eigenvalue weighted by atomic mass is 9.92. The number of carbonyl (C=O) groups excluding carboxylic acids is 1. The second-order valence-electron chi connectivity index (χ2n) is 4.42. The third kappa shape index (κ3) is 2.33. The summed E-state index contributed by atoms with van der Waals surface area (Å²) in [6.07, 6.45) is 4.90. The maximum Gasteiger partial charge on any atom is 0.352 e. The fourth-order valence-corrected chi connectivity index (χ4v) is 1.98. The maximum atomic E-state index is 11.9. The lowest BCUT2D eigenvalue weighted by Crippen LogP contribution is -2.42. The molecule has 0 atom stereocenters. The molecule has 1 amide bonds. The predicted octanol–water partition coefficient (Wildman–Crippen LogP) is 1.20. The second kappa shape index (κ2) is 4.61. The van der Waals surface area contributed by atoms with Gasteiger partial charge >= 0.3 is 5.97 Å². The number of nitrogens with zero attached hydrogens (tertiary/aromatic N) is 2. The number of hydrogen-bond acceptors (Lipinski definition) is 2. The Kier molecular flexibility index (Phi) is 3.17. The Balaban J connectivity index is 2.02. The first-order valence-corrected chi connectivity index (χ1v) is 5.73. The van der Waals surface area contributed by atoms with Gasteiger partial charge < -0.3 is 14.6 Å². The van der Waals surface area contributed by atoms with Crippen molar-refractivity contribution in [2.45, 2.75) is 31.8 Å². The molecule has 0 radical (unpaired) electrons. The van der Waals surface area contributed by atoms with Gasteiger partial charge in [-0.25, -0.2) is 4.79 Å². The molecule has 0 saturated heterocycles. The summed E-state index contributed by atoms with van der Waals surface area (Å²) in [5.74, 6) is -1.04. The van der Waals surface area contributed by atoms with E-state index in [2.05, 4.69) is 0 Å². The summed E-state index contributed by atoms with van der Waals surface area (Å²) < 4.78 is 1.47. The summed E-state index contributed by atoms with van der Waals surface area (Å²) in [6.45, 7) is 0.0988. The van der Waals surface area contributed by atoms with Gasteiger partial charge in [-0.3, -0.25) is 4.79 Å².